The van der Waals surface area contributed by atoms with Crippen LogP contribution in [0.1, 0.15) is 174 Å². The molecule has 0 N–H and O–H groups in total. The summed E-state index contributed by atoms with van der Waals surface area (Å²) in [6.07, 6.45) is 37.1. The van der Waals surface area contributed by atoms with Crippen molar-refractivity contribution in [3.63, 3.8) is 0 Å². The minimum absolute atomic E-state index is 1.01. The van der Waals surface area contributed by atoms with Gasteiger partial charge >= 0.3 is 0 Å². The maximum Gasteiger partial charge on any atom is -0.0417 e. The smallest absolute Gasteiger partial charge is 0.0417 e. The molecule has 0 saturated carbocycles. The molecule has 0 amide bonds. The van der Waals surface area contributed by atoms with Crippen LogP contribution < -0.4 is 0 Å². The highest BCUT2D eigenvalue weighted by Gasteiger charge is 2.06. The van der Waals surface area contributed by atoms with Gasteiger partial charge in [0, 0.05) is 0 Å². The Morgan fingerprint density at radius 2 is 0.600 bits per heavy atom. The number of hydrogen-bond acceptors (Lipinski definition) is 0. The summed E-state index contributed by atoms with van der Waals surface area (Å²) in [5.41, 5.74) is 0. The summed E-state index contributed by atoms with van der Waals surface area (Å²) in [7, 11) is 0. The monoisotopic (exact) mass is 420 g/mol. The van der Waals surface area contributed by atoms with E-state index >= 15 is 0 Å². The van der Waals surface area contributed by atoms with E-state index in [-0.39, 0.29) is 0 Å². The highest BCUT2D eigenvalue weighted by molar-refractivity contribution is 4.59. The van der Waals surface area contributed by atoms with Gasteiger partial charge < -0.3 is 0 Å². The third-order valence-corrected chi connectivity index (χ3v) is 7.05. The summed E-state index contributed by atoms with van der Waals surface area (Å²) in [5, 5.41) is 0. The summed E-state index contributed by atoms with van der Waals surface area (Å²) >= 11 is 0. The van der Waals surface area contributed by atoms with Crippen LogP contribution in [0.15, 0.2) is 0 Å². The van der Waals surface area contributed by atoms with Crippen LogP contribution in [-0.2, 0) is 0 Å². The molecule has 0 fully saturated rings. The second kappa shape index (κ2) is 27.0. The lowest BCUT2D eigenvalue weighted by molar-refractivity contribution is 0.392. The van der Waals surface area contributed by atoms with E-state index < -0.39 is 0 Å². The van der Waals surface area contributed by atoms with Crippen LogP contribution in [0.5, 0.6) is 0 Å². The van der Waals surface area contributed by atoms with E-state index in [1.807, 2.05) is 0 Å². The topological polar surface area (TPSA) is 0 Å². The fraction of sp³-hybridized carbons (Fsp3) is 0.933. The van der Waals surface area contributed by atoms with Gasteiger partial charge in [0.1, 0.15) is 0 Å². The highest BCUT2D eigenvalue weighted by Crippen LogP contribution is 2.22. The quantitative estimate of drug-likeness (QED) is 0.122. The molecule has 0 saturated heterocycles. The van der Waals surface area contributed by atoms with E-state index in [4.69, 9.17) is 0 Å². The molecule has 1 unspecified atom stereocenters. The van der Waals surface area contributed by atoms with Crippen molar-refractivity contribution in [2.75, 3.05) is 0 Å². The van der Waals surface area contributed by atoms with Gasteiger partial charge in [0.15, 0.2) is 0 Å². The van der Waals surface area contributed by atoms with Gasteiger partial charge in [-0.3, -0.25) is 0 Å². The van der Waals surface area contributed by atoms with Crippen molar-refractivity contribution >= 4 is 0 Å². The molecule has 0 aliphatic heterocycles. The van der Waals surface area contributed by atoms with Gasteiger partial charge in [-0.25, -0.2) is 0 Å². The normalized spacial score (nSPS) is 12.5. The molecular weight excluding hydrogens is 360 g/mol. The molecule has 0 aromatic heterocycles. The zero-order valence-electron chi connectivity index (χ0n) is 21.4. The van der Waals surface area contributed by atoms with Crippen molar-refractivity contribution in [1.29, 1.82) is 0 Å². The van der Waals surface area contributed by atoms with Crippen LogP contribution in [0.2, 0.25) is 0 Å². The van der Waals surface area contributed by atoms with Gasteiger partial charge in [0.2, 0.25) is 0 Å². The first-order chi connectivity index (χ1) is 14.8. The first-order valence-electron chi connectivity index (χ1n) is 14.4. The maximum absolute atomic E-state index is 3.92. The van der Waals surface area contributed by atoms with Gasteiger partial charge in [-0.1, -0.05) is 188 Å². The first kappa shape index (κ1) is 30.0. The van der Waals surface area contributed by atoms with Crippen molar-refractivity contribution in [1.82, 2.24) is 0 Å². The summed E-state index contributed by atoms with van der Waals surface area (Å²) in [6, 6.07) is 0. The molecule has 2 radical (unpaired) electrons. The Morgan fingerprint density at radius 3 is 0.833 bits per heavy atom. The number of rotatable bonds is 26. The van der Waals surface area contributed by atoms with Crippen molar-refractivity contribution in [3.05, 3.63) is 13.8 Å². The van der Waals surface area contributed by atoms with Crippen molar-refractivity contribution in [2.24, 2.45) is 5.92 Å². The molecular formula is C30H60. The maximum atomic E-state index is 3.92. The molecule has 0 nitrogen and oxygen atoms in total. The van der Waals surface area contributed by atoms with Crippen molar-refractivity contribution in [2.45, 2.75) is 174 Å². The van der Waals surface area contributed by atoms with Crippen LogP contribution in [0.4, 0.5) is 0 Å². The SMILES string of the molecule is [CH2]CCCCCCCCCCCCCC(CC)CCCCCCCCCCCC[CH2]. The molecule has 0 heterocycles. The Labute approximate surface area is 193 Å². The third kappa shape index (κ3) is 24.3. The minimum atomic E-state index is 1.01. The predicted molar refractivity (Wildman–Crippen MR) is 140 cm³/mol. The Morgan fingerprint density at radius 1 is 0.367 bits per heavy atom. The molecule has 0 rings (SSSR count). The van der Waals surface area contributed by atoms with E-state index in [1.54, 1.807) is 0 Å². The average molecular weight is 421 g/mol. The first-order valence-corrected chi connectivity index (χ1v) is 14.4. The highest BCUT2D eigenvalue weighted by atomic mass is 14.1. The minimum Gasteiger partial charge on any atom is -0.0651 e. The molecule has 0 heteroatoms. The Kier molecular flexibility index (Phi) is 27.0. The van der Waals surface area contributed by atoms with E-state index in [2.05, 4.69) is 20.8 Å². The largest absolute Gasteiger partial charge is 0.0651 e. The molecule has 0 bridgehead atoms. The standard InChI is InChI=1S/C30H60/c1-4-7-9-11-13-15-17-19-21-23-25-27-29-30(6-3)28-26-24-22-20-18-16-14-12-10-8-5-2/h30H,1-2,4-29H2,3H3. The molecule has 0 spiro atoms. The summed E-state index contributed by atoms with van der Waals surface area (Å²) in [5.74, 6) is 1.01. The van der Waals surface area contributed by atoms with E-state index in [0.717, 1.165) is 18.8 Å². The van der Waals surface area contributed by atoms with Crippen LogP contribution in [0, 0.1) is 19.8 Å². The molecule has 0 aliphatic rings. The summed E-state index contributed by atoms with van der Waals surface area (Å²) in [4.78, 5) is 0. The number of hydrogen-bond donors (Lipinski definition) is 0. The number of unbranched alkanes of at least 4 members (excludes halogenated alkanes) is 21. The predicted octanol–water partition coefficient (Wildman–Crippen LogP) is 11.4. The molecule has 0 aromatic carbocycles. The van der Waals surface area contributed by atoms with E-state index in [1.165, 1.54) is 154 Å². The van der Waals surface area contributed by atoms with Crippen LogP contribution in [0.25, 0.3) is 0 Å². The fourth-order valence-corrected chi connectivity index (χ4v) is 4.78. The molecule has 0 aliphatic carbocycles. The van der Waals surface area contributed by atoms with Gasteiger partial charge in [0.25, 0.3) is 0 Å². The Hall–Kier alpha value is 0. The van der Waals surface area contributed by atoms with Crippen LogP contribution in [0.3, 0.4) is 0 Å². The Bertz CT molecular complexity index is 282. The van der Waals surface area contributed by atoms with Gasteiger partial charge in [-0.2, -0.15) is 0 Å². The van der Waals surface area contributed by atoms with Crippen LogP contribution >= 0.6 is 0 Å². The summed E-state index contributed by atoms with van der Waals surface area (Å²) in [6.45, 7) is 10.3. The van der Waals surface area contributed by atoms with Crippen LogP contribution in [-0.4, -0.2) is 0 Å². The van der Waals surface area contributed by atoms with Crippen molar-refractivity contribution in [3.8, 4) is 0 Å². The summed E-state index contributed by atoms with van der Waals surface area (Å²) < 4.78 is 0. The average Bonchev–Trinajstić information content (AvgIpc) is 2.76. The fourth-order valence-electron chi connectivity index (χ4n) is 4.78. The van der Waals surface area contributed by atoms with E-state index in [9.17, 15) is 0 Å². The zero-order valence-corrected chi connectivity index (χ0v) is 21.4. The Balaban J connectivity index is 3.27. The van der Waals surface area contributed by atoms with Gasteiger partial charge in [0.05, 0.1) is 0 Å². The third-order valence-electron chi connectivity index (χ3n) is 7.05. The molecule has 1 atom stereocenters. The second-order valence-electron chi connectivity index (χ2n) is 9.98. The zero-order chi connectivity index (χ0) is 22.0. The molecule has 30 heavy (non-hydrogen) atoms. The lowest BCUT2D eigenvalue weighted by Gasteiger charge is -2.14. The lowest BCUT2D eigenvalue weighted by Crippen LogP contribution is -1.99. The van der Waals surface area contributed by atoms with E-state index in [0.29, 0.717) is 0 Å². The van der Waals surface area contributed by atoms with Crippen molar-refractivity contribution < 1.29 is 0 Å². The molecule has 180 valence electrons. The molecule has 0 aromatic rings. The lowest BCUT2D eigenvalue weighted by atomic mass is 9.92. The second-order valence-corrected chi connectivity index (χ2v) is 9.98. The van der Waals surface area contributed by atoms with Gasteiger partial charge in [-0.05, 0) is 5.92 Å². The van der Waals surface area contributed by atoms with Gasteiger partial charge in [-0.15, -0.1) is 0 Å².